The van der Waals surface area contributed by atoms with Crippen LogP contribution in [-0.2, 0) is 6.42 Å². The molecule has 0 spiro atoms. The SMILES string of the molecule is Cc1cc(C2=C(c3ccc(F)cc3C)CCCc3cc(C(=O)O)ccc32)ccc1C=C1CN(CCCF)C1. The first-order valence-electron chi connectivity index (χ1n) is 13.3. The monoisotopic (exact) mass is 513 g/mol. The zero-order valence-electron chi connectivity index (χ0n) is 22.0. The normalized spacial score (nSPS) is 15.6. The van der Waals surface area contributed by atoms with Gasteiger partial charge in [0.15, 0.2) is 0 Å². The number of alkyl halides is 1. The van der Waals surface area contributed by atoms with Crippen LogP contribution in [0, 0.1) is 19.7 Å². The summed E-state index contributed by atoms with van der Waals surface area (Å²) in [4.78, 5) is 13.9. The summed E-state index contributed by atoms with van der Waals surface area (Å²) in [5.74, 6) is -1.18. The number of nitrogens with zero attached hydrogens (tertiary/aromatic N) is 1. The third kappa shape index (κ3) is 5.34. The van der Waals surface area contributed by atoms with E-state index >= 15 is 0 Å². The largest absolute Gasteiger partial charge is 0.478 e. The standard InChI is InChI=1S/C33H33F2NO2/c1-21-15-26(8-7-24(21)17-23-19-36(20-23)14-4-13-34)32-30-11-9-27(33(37)38)18-25(30)5-3-6-31(32)29-12-10-28(35)16-22(29)2/h7-12,15-18H,3-6,13-14,19-20H2,1-2H3,(H,37,38). The van der Waals surface area contributed by atoms with Crippen molar-refractivity contribution in [3.63, 3.8) is 0 Å². The summed E-state index contributed by atoms with van der Waals surface area (Å²) in [6, 6.07) is 16.9. The zero-order valence-corrected chi connectivity index (χ0v) is 22.0. The van der Waals surface area contributed by atoms with Crippen LogP contribution < -0.4 is 0 Å². The first-order valence-corrected chi connectivity index (χ1v) is 13.3. The number of allylic oxidation sites excluding steroid dienone is 1. The van der Waals surface area contributed by atoms with Crippen molar-refractivity contribution in [1.29, 1.82) is 0 Å². The third-order valence-corrected chi connectivity index (χ3v) is 7.69. The lowest BCUT2D eigenvalue weighted by Gasteiger charge is -2.34. The molecule has 3 aromatic rings. The van der Waals surface area contributed by atoms with Crippen LogP contribution >= 0.6 is 0 Å². The van der Waals surface area contributed by atoms with Crippen LogP contribution in [0.2, 0.25) is 0 Å². The van der Waals surface area contributed by atoms with E-state index in [-0.39, 0.29) is 12.5 Å². The topological polar surface area (TPSA) is 40.5 Å². The quantitative estimate of drug-likeness (QED) is 0.356. The number of hydrogen-bond acceptors (Lipinski definition) is 2. The predicted molar refractivity (Wildman–Crippen MR) is 150 cm³/mol. The van der Waals surface area contributed by atoms with E-state index in [0.717, 1.165) is 83.4 Å². The van der Waals surface area contributed by atoms with E-state index in [1.165, 1.54) is 17.2 Å². The average Bonchev–Trinajstić information content (AvgIpc) is 3.05. The van der Waals surface area contributed by atoms with E-state index in [0.29, 0.717) is 12.0 Å². The second-order valence-electron chi connectivity index (χ2n) is 10.5. The van der Waals surface area contributed by atoms with Crippen molar-refractivity contribution in [2.24, 2.45) is 0 Å². The van der Waals surface area contributed by atoms with E-state index in [4.69, 9.17) is 0 Å². The van der Waals surface area contributed by atoms with E-state index in [2.05, 4.69) is 36.1 Å². The summed E-state index contributed by atoms with van der Waals surface area (Å²) in [5.41, 5.74) is 11.3. The second-order valence-corrected chi connectivity index (χ2v) is 10.5. The van der Waals surface area contributed by atoms with Crippen LogP contribution in [0.5, 0.6) is 0 Å². The Balaban J connectivity index is 1.59. The summed E-state index contributed by atoms with van der Waals surface area (Å²) in [5, 5.41) is 9.58. The molecule has 5 heteroatoms. The van der Waals surface area contributed by atoms with Crippen molar-refractivity contribution in [2.45, 2.75) is 39.5 Å². The van der Waals surface area contributed by atoms with Gasteiger partial charge in [0.2, 0.25) is 0 Å². The van der Waals surface area contributed by atoms with Gasteiger partial charge in [-0.2, -0.15) is 0 Å². The average molecular weight is 514 g/mol. The number of rotatable bonds is 7. The molecule has 0 amide bonds. The van der Waals surface area contributed by atoms with Crippen molar-refractivity contribution < 1.29 is 18.7 Å². The predicted octanol–water partition coefficient (Wildman–Crippen LogP) is 7.49. The Hall–Kier alpha value is -3.57. The molecule has 38 heavy (non-hydrogen) atoms. The van der Waals surface area contributed by atoms with E-state index in [1.807, 2.05) is 19.1 Å². The number of halogens is 2. The molecule has 1 saturated heterocycles. The van der Waals surface area contributed by atoms with E-state index < -0.39 is 5.97 Å². The van der Waals surface area contributed by atoms with Crippen molar-refractivity contribution in [3.05, 3.63) is 110 Å². The number of carbonyl (C=O) groups is 1. The van der Waals surface area contributed by atoms with E-state index in [1.54, 1.807) is 18.2 Å². The fraction of sp³-hybridized carbons (Fsp3) is 0.303. The minimum atomic E-state index is -0.926. The molecule has 5 rings (SSSR count). The maximum atomic E-state index is 14.0. The van der Waals surface area contributed by atoms with Gasteiger partial charge in [0.1, 0.15) is 5.82 Å². The van der Waals surface area contributed by atoms with Crippen LogP contribution in [0.4, 0.5) is 8.78 Å². The number of carboxylic acids is 1. The molecule has 2 aliphatic rings. The fourth-order valence-electron chi connectivity index (χ4n) is 5.76. The molecule has 1 aliphatic carbocycles. The summed E-state index contributed by atoms with van der Waals surface area (Å²) in [7, 11) is 0. The van der Waals surface area contributed by atoms with Gasteiger partial charge in [-0.15, -0.1) is 0 Å². The molecule has 1 aliphatic heterocycles. The Morgan fingerprint density at radius 1 is 0.974 bits per heavy atom. The van der Waals surface area contributed by atoms with Crippen molar-refractivity contribution in [2.75, 3.05) is 26.3 Å². The number of likely N-dealkylation sites (tertiary alicyclic amines) is 1. The van der Waals surface area contributed by atoms with Gasteiger partial charge in [-0.25, -0.2) is 9.18 Å². The van der Waals surface area contributed by atoms with Gasteiger partial charge < -0.3 is 5.11 Å². The summed E-state index contributed by atoms with van der Waals surface area (Å²) in [6.45, 7) is 6.36. The Bertz CT molecular complexity index is 1450. The highest BCUT2D eigenvalue weighted by Gasteiger charge is 2.23. The Morgan fingerprint density at radius 2 is 1.76 bits per heavy atom. The molecule has 0 bridgehead atoms. The molecular formula is C33H33F2NO2. The molecule has 3 aromatic carbocycles. The Labute approximate surface area is 223 Å². The van der Waals surface area contributed by atoms with E-state index in [9.17, 15) is 18.7 Å². The van der Waals surface area contributed by atoms with Crippen LogP contribution in [0.15, 0.2) is 60.2 Å². The maximum Gasteiger partial charge on any atom is 0.335 e. The maximum absolute atomic E-state index is 14.0. The van der Waals surface area contributed by atoms with Crippen molar-refractivity contribution in [1.82, 2.24) is 4.90 Å². The molecule has 1 heterocycles. The highest BCUT2D eigenvalue weighted by atomic mass is 19.1. The summed E-state index contributed by atoms with van der Waals surface area (Å²) in [6.07, 6.45) is 5.31. The van der Waals surface area contributed by atoms with Crippen LogP contribution in [0.3, 0.4) is 0 Å². The minimum absolute atomic E-state index is 0.249. The third-order valence-electron chi connectivity index (χ3n) is 7.69. The van der Waals surface area contributed by atoms with Gasteiger partial charge in [0, 0.05) is 19.6 Å². The van der Waals surface area contributed by atoms with Gasteiger partial charge in [0.05, 0.1) is 12.2 Å². The lowest BCUT2D eigenvalue weighted by molar-refractivity contribution is 0.0696. The van der Waals surface area contributed by atoms with Gasteiger partial charge in [-0.1, -0.05) is 36.4 Å². The number of aryl methyl sites for hydroxylation is 3. The van der Waals surface area contributed by atoms with Crippen LogP contribution in [0.25, 0.3) is 17.2 Å². The van der Waals surface area contributed by atoms with Gasteiger partial charge in [-0.3, -0.25) is 9.29 Å². The minimum Gasteiger partial charge on any atom is -0.478 e. The number of hydrogen-bond donors (Lipinski definition) is 1. The second kappa shape index (κ2) is 11.0. The molecule has 1 fully saturated rings. The van der Waals surface area contributed by atoms with Gasteiger partial charge in [-0.05, 0) is 119 Å². The lowest BCUT2D eigenvalue weighted by atomic mass is 9.85. The smallest absolute Gasteiger partial charge is 0.335 e. The number of benzene rings is 3. The molecule has 1 N–H and O–H groups in total. The summed E-state index contributed by atoms with van der Waals surface area (Å²) < 4.78 is 26.5. The molecule has 0 saturated carbocycles. The molecule has 196 valence electrons. The van der Waals surface area contributed by atoms with Crippen LogP contribution in [-0.4, -0.2) is 42.3 Å². The molecule has 0 radical (unpaired) electrons. The lowest BCUT2D eigenvalue weighted by Crippen LogP contribution is -2.40. The molecule has 3 nitrogen and oxygen atoms in total. The molecule has 0 aromatic heterocycles. The Morgan fingerprint density at radius 3 is 2.47 bits per heavy atom. The van der Waals surface area contributed by atoms with Gasteiger partial charge in [0.25, 0.3) is 0 Å². The van der Waals surface area contributed by atoms with Gasteiger partial charge >= 0.3 is 5.97 Å². The highest BCUT2D eigenvalue weighted by Crippen LogP contribution is 2.41. The molecular weight excluding hydrogens is 480 g/mol. The number of fused-ring (bicyclic) bond motifs is 1. The Kier molecular flexibility index (Phi) is 7.57. The van der Waals surface area contributed by atoms with Crippen LogP contribution in [0.1, 0.15) is 68.6 Å². The number of carboxylic acid groups (broad SMARTS) is 1. The molecule has 0 atom stereocenters. The first-order chi connectivity index (χ1) is 18.3. The summed E-state index contributed by atoms with van der Waals surface area (Å²) >= 11 is 0. The van der Waals surface area contributed by atoms with Crippen molar-refractivity contribution >= 4 is 23.2 Å². The zero-order chi connectivity index (χ0) is 26.8. The van der Waals surface area contributed by atoms with Crippen molar-refractivity contribution in [3.8, 4) is 0 Å². The first kappa shape index (κ1) is 26.1. The molecule has 0 unspecified atom stereocenters. The number of aromatic carboxylic acids is 1. The fourth-order valence-corrected chi connectivity index (χ4v) is 5.76. The highest BCUT2D eigenvalue weighted by molar-refractivity contribution is 6.01.